The maximum atomic E-state index is 6.23. The molecule has 1 aliphatic rings. The van der Waals surface area contributed by atoms with E-state index in [0.717, 1.165) is 29.5 Å². The third-order valence-corrected chi connectivity index (χ3v) is 4.78. The third-order valence-electron chi connectivity index (χ3n) is 3.96. The molecule has 112 valence electrons. The van der Waals surface area contributed by atoms with Crippen molar-refractivity contribution in [3.63, 3.8) is 0 Å². The molecule has 1 saturated heterocycles. The van der Waals surface area contributed by atoms with Gasteiger partial charge in [-0.25, -0.2) is 0 Å². The highest BCUT2D eigenvalue weighted by atomic mass is 79.9. The maximum Gasteiger partial charge on any atom is 0.245 e. The van der Waals surface area contributed by atoms with Crippen LogP contribution >= 0.6 is 27.5 Å². The number of nitrogens with one attached hydrogen (secondary N) is 1. The number of piperidine rings is 1. The number of hydrogen-bond acceptors (Lipinski definition) is 4. The number of hydrogen-bond donors (Lipinski definition) is 2. The van der Waals surface area contributed by atoms with Gasteiger partial charge in [0.2, 0.25) is 5.95 Å². The quantitative estimate of drug-likeness (QED) is 0.852. The minimum atomic E-state index is 0.162. The molecule has 0 spiro atoms. The molecular formula is C14H17BrClN5. The molecule has 7 heteroatoms. The van der Waals surface area contributed by atoms with Crippen LogP contribution in [0.2, 0.25) is 5.02 Å². The van der Waals surface area contributed by atoms with E-state index < -0.39 is 0 Å². The number of halogens is 2. The van der Waals surface area contributed by atoms with Crippen molar-refractivity contribution >= 4 is 33.5 Å². The molecule has 1 aromatic heterocycles. The Bertz CT molecular complexity index is 644. The first-order valence-electron chi connectivity index (χ1n) is 6.93. The molecule has 5 nitrogen and oxygen atoms in total. The molecule has 0 aliphatic carbocycles. The van der Waals surface area contributed by atoms with Crippen molar-refractivity contribution in [2.75, 3.05) is 18.0 Å². The van der Waals surface area contributed by atoms with E-state index in [1.165, 1.54) is 0 Å². The van der Waals surface area contributed by atoms with Crippen LogP contribution < -0.4 is 10.6 Å². The standard InChI is InChI=1S/C14H17BrClN5/c1-8-4-5-21(7-12(8)17)14-18-13(19-20-14)10-6-9(15)2-3-11(10)16/h2-3,6,8,12H,4-5,7,17H2,1H3,(H,18,19,20). The van der Waals surface area contributed by atoms with Crippen molar-refractivity contribution in [3.05, 3.63) is 27.7 Å². The molecule has 0 saturated carbocycles. The Labute approximate surface area is 137 Å². The van der Waals surface area contributed by atoms with Gasteiger partial charge in [0.05, 0.1) is 5.02 Å². The molecule has 0 amide bonds. The minimum absolute atomic E-state index is 0.162. The Kier molecular flexibility index (Phi) is 4.19. The molecule has 3 N–H and O–H groups in total. The highest BCUT2D eigenvalue weighted by Crippen LogP contribution is 2.29. The van der Waals surface area contributed by atoms with Gasteiger partial charge >= 0.3 is 0 Å². The van der Waals surface area contributed by atoms with Gasteiger partial charge in [0.25, 0.3) is 0 Å². The first-order chi connectivity index (χ1) is 10.0. The van der Waals surface area contributed by atoms with E-state index in [-0.39, 0.29) is 6.04 Å². The second kappa shape index (κ2) is 5.94. The van der Waals surface area contributed by atoms with Gasteiger partial charge in [-0.15, -0.1) is 5.10 Å². The zero-order valence-corrected chi connectivity index (χ0v) is 14.0. The number of nitrogens with two attached hydrogens (primary N) is 1. The second-order valence-electron chi connectivity index (χ2n) is 5.48. The highest BCUT2D eigenvalue weighted by Gasteiger charge is 2.25. The predicted octanol–water partition coefficient (Wildman–Crippen LogP) is 3.06. The molecule has 0 bridgehead atoms. The Morgan fingerprint density at radius 2 is 2.29 bits per heavy atom. The Hall–Kier alpha value is -1.11. The first-order valence-corrected chi connectivity index (χ1v) is 8.10. The monoisotopic (exact) mass is 369 g/mol. The average Bonchev–Trinajstić information content (AvgIpc) is 2.94. The number of aromatic nitrogens is 3. The third kappa shape index (κ3) is 3.07. The van der Waals surface area contributed by atoms with Crippen molar-refractivity contribution in [2.24, 2.45) is 11.7 Å². The average molecular weight is 371 g/mol. The van der Waals surface area contributed by atoms with E-state index in [0.29, 0.717) is 22.7 Å². The summed E-state index contributed by atoms with van der Waals surface area (Å²) in [6.45, 7) is 3.90. The van der Waals surface area contributed by atoms with E-state index in [9.17, 15) is 0 Å². The first kappa shape index (κ1) is 14.8. The molecule has 21 heavy (non-hydrogen) atoms. The molecule has 1 fully saturated rings. The lowest BCUT2D eigenvalue weighted by Crippen LogP contribution is -2.48. The molecule has 1 aliphatic heterocycles. The van der Waals surface area contributed by atoms with Gasteiger partial charge in [-0.1, -0.05) is 34.5 Å². The van der Waals surface area contributed by atoms with Gasteiger partial charge in [-0.05, 0) is 30.5 Å². The summed E-state index contributed by atoms with van der Waals surface area (Å²) in [5.74, 6) is 1.89. The van der Waals surface area contributed by atoms with Crippen molar-refractivity contribution in [1.82, 2.24) is 15.2 Å². The maximum absolute atomic E-state index is 6.23. The lowest BCUT2D eigenvalue weighted by Gasteiger charge is -2.34. The van der Waals surface area contributed by atoms with Crippen LogP contribution in [0, 0.1) is 5.92 Å². The van der Waals surface area contributed by atoms with Crippen LogP contribution in [-0.4, -0.2) is 34.3 Å². The van der Waals surface area contributed by atoms with Gasteiger partial charge in [0, 0.05) is 29.2 Å². The molecule has 3 rings (SSSR count). The van der Waals surface area contributed by atoms with Gasteiger partial charge in [-0.2, -0.15) is 4.98 Å². The van der Waals surface area contributed by atoms with Crippen LogP contribution in [0.3, 0.4) is 0 Å². The van der Waals surface area contributed by atoms with E-state index in [1.807, 2.05) is 18.2 Å². The van der Waals surface area contributed by atoms with Crippen LogP contribution in [0.5, 0.6) is 0 Å². The number of H-pyrrole nitrogens is 1. The van der Waals surface area contributed by atoms with E-state index in [2.05, 4.69) is 42.9 Å². The van der Waals surface area contributed by atoms with E-state index in [4.69, 9.17) is 17.3 Å². The van der Waals surface area contributed by atoms with Crippen LogP contribution in [0.25, 0.3) is 11.4 Å². The van der Waals surface area contributed by atoms with E-state index >= 15 is 0 Å². The molecular weight excluding hydrogens is 354 g/mol. The number of rotatable bonds is 2. The van der Waals surface area contributed by atoms with E-state index in [1.54, 1.807) is 0 Å². The summed E-state index contributed by atoms with van der Waals surface area (Å²) in [6, 6.07) is 5.82. The predicted molar refractivity (Wildman–Crippen MR) is 88.5 cm³/mol. The minimum Gasteiger partial charge on any atom is -0.338 e. The molecule has 1 aromatic carbocycles. The van der Waals surface area contributed by atoms with Crippen molar-refractivity contribution in [3.8, 4) is 11.4 Å². The molecule has 2 heterocycles. The van der Waals surface area contributed by atoms with Gasteiger partial charge in [0.1, 0.15) is 0 Å². The molecule has 0 radical (unpaired) electrons. The lowest BCUT2D eigenvalue weighted by molar-refractivity contribution is 0.376. The highest BCUT2D eigenvalue weighted by molar-refractivity contribution is 9.10. The number of anilines is 1. The van der Waals surface area contributed by atoms with Crippen molar-refractivity contribution in [2.45, 2.75) is 19.4 Å². The molecule has 2 aromatic rings. The van der Waals surface area contributed by atoms with Gasteiger partial charge in [0.15, 0.2) is 5.82 Å². The molecule has 2 unspecified atom stereocenters. The summed E-state index contributed by atoms with van der Waals surface area (Å²) in [4.78, 5) is 6.69. The summed E-state index contributed by atoms with van der Waals surface area (Å²) in [7, 11) is 0. The number of nitrogens with zero attached hydrogens (tertiary/aromatic N) is 3. The summed E-state index contributed by atoms with van der Waals surface area (Å²) in [5.41, 5.74) is 6.97. The van der Waals surface area contributed by atoms with Crippen molar-refractivity contribution in [1.29, 1.82) is 0 Å². The Morgan fingerprint density at radius 1 is 1.48 bits per heavy atom. The largest absolute Gasteiger partial charge is 0.338 e. The molecule has 2 atom stereocenters. The van der Waals surface area contributed by atoms with Gasteiger partial charge in [-0.3, -0.25) is 5.10 Å². The van der Waals surface area contributed by atoms with Crippen LogP contribution in [0.4, 0.5) is 5.95 Å². The smallest absolute Gasteiger partial charge is 0.245 e. The van der Waals surface area contributed by atoms with Gasteiger partial charge < -0.3 is 10.6 Å². The fourth-order valence-corrected chi connectivity index (χ4v) is 3.04. The Balaban J connectivity index is 1.85. The number of benzene rings is 1. The van der Waals surface area contributed by atoms with Crippen LogP contribution in [0.15, 0.2) is 22.7 Å². The fraction of sp³-hybridized carbons (Fsp3) is 0.429. The topological polar surface area (TPSA) is 70.8 Å². The van der Waals surface area contributed by atoms with Crippen LogP contribution in [0.1, 0.15) is 13.3 Å². The lowest BCUT2D eigenvalue weighted by atomic mass is 9.95. The Morgan fingerprint density at radius 3 is 3.05 bits per heavy atom. The summed E-state index contributed by atoms with van der Waals surface area (Å²) >= 11 is 9.67. The second-order valence-corrected chi connectivity index (χ2v) is 6.81. The number of aromatic amines is 1. The SMILES string of the molecule is CC1CCN(c2n[nH]c(-c3cc(Br)ccc3Cl)n2)CC1N. The van der Waals surface area contributed by atoms with Crippen molar-refractivity contribution < 1.29 is 0 Å². The zero-order chi connectivity index (χ0) is 15.0. The fourth-order valence-electron chi connectivity index (χ4n) is 2.47. The normalized spacial score (nSPS) is 22.6. The zero-order valence-electron chi connectivity index (χ0n) is 11.7. The summed E-state index contributed by atoms with van der Waals surface area (Å²) < 4.78 is 0.952. The summed E-state index contributed by atoms with van der Waals surface area (Å²) in [5, 5.41) is 7.91. The summed E-state index contributed by atoms with van der Waals surface area (Å²) in [6.07, 6.45) is 1.06. The van der Waals surface area contributed by atoms with Crippen LogP contribution in [-0.2, 0) is 0 Å².